The molecule has 0 aromatic heterocycles. The minimum Gasteiger partial charge on any atom is -0.349 e. The molecule has 0 radical (unpaired) electrons. The third-order valence-corrected chi connectivity index (χ3v) is 4.80. The van der Waals surface area contributed by atoms with Crippen LogP contribution in [0, 0.1) is 5.41 Å². The second kappa shape index (κ2) is 5.21. The summed E-state index contributed by atoms with van der Waals surface area (Å²) < 4.78 is 0. The fourth-order valence-corrected chi connectivity index (χ4v) is 3.39. The van der Waals surface area contributed by atoms with Crippen molar-refractivity contribution in [2.24, 2.45) is 5.41 Å². The fraction of sp³-hybridized carbons (Fsp3) is 0.588. The van der Waals surface area contributed by atoms with Crippen molar-refractivity contribution in [2.45, 2.75) is 45.6 Å². The summed E-state index contributed by atoms with van der Waals surface area (Å²) >= 11 is 0. The van der Waals surface area contributed by atoms with Gasteiger partial charge in [-0.15, -0.1) is 0 Å². The van der Waals surface area contributed by atoms with Gasteiger partial charge in [0.2, 0.25) is 0 Å². The predicted octanol–water partition coefficient (Wildman–Crippen LogP) is 2.29. The summed E-state index contributed by atoms with van der Waals surface area (Å²) in [5.74, 6) is 0.0830. The molecule has 108 valence electrons. The van der Waals surface area contributed by atoms with Crippen LogP contribution in [-0.2, 0) is 12.8 Å². The Bertz CT molecular complexity index is 522. The maximum Gasteiger partial charge on any atom is 0.251 e. The SMILES string of the molecule is CC1(C)CNCCC1NC(=O)c1ccc2c(c1)CCC2. The maximum absolute atomic E-state index is 12.5. The average molecular weight is 272 g/mol. The van der Waals surface area contributed by atoms with E-state index < -0.39 is 0 Å². The molecule has 0 spiro atoms. The predicted molar refractivity (Wildman–Crippen MR) is 81.0 cm³/mol. The Kier molecular flexibility index (Phi) is 3.55. The second-order valence-corrected chi connectivity index (χ2v) is 6.82. The first-order chi connectivity index (χ1) is 9.56. The highest BCUT2D eigenvalue weighted by atomic mass is 16.1. The summed E-state index contributed by atoms with van der Waals surface area (Å²) in [7, 11) is 0. The quantitative estimate of drug-likeness (QED) is 0.867. The first kappa shape index (κ1) is 13.6. The van der Waals surface area contributed by atoms with Crippen LogP contribution >= 0.6 is 0 Å². The molecule has 3 nitrogen and oxygen atoms in total. The first-order valence-corrected chi connectivity index (χ1v) is 7.70. The van der Waals surface area contributed by atoms with Crippen LogP contribution < -0.4 is 10.6 Å². The molecule has 1 unspecified atom stereocenters. The molecule has 1 aliphatic heterocycles. The van der Waals surface area contributed by atoms with Crippen molar-refractivity contribution in [3.63, 3.8) is 0 Å². The Morgan fingerprint density at radius 1 is 1.30 bits per heavy atom. The van der Waals surface area contributed by atoms with Gasteiger partial charge in [-0.3, -0.25) is 4.79 Å². The van der Waals surface area contributed by atoms with Crippen LogP contribution in [0.5, 0.6) is 0 Å². The van der Waals surface area contributed by atoms with E-state index in [1.165, 1.54) is 24.0 Å². The molecule has 1 fully saturated rings. The van der Waals surface area contributed by atoms with Crippen molar-refractivity contribution in [3.8, 4) is 0 Å². The molecule has 20 heavy (non-hydrogen) atoms. The molecule has 0 bridgehead atoms. The lowest BCUT2D eigenvalue weighted by Crippen LogP contribution is -2.54. The van der Waals surface area contributed by atoms with Gasteiger partial charge in [0, 0.05) is 18.2 Å². The summed E-state index contributed by atoms with van der Waals surface area (Å²) in [6.07, 6.45) is 4.51. The Morgan fingerprint density at radius 2 is 2.10 bits per heavy atom. The van der Waals surface area contributed by atoms with Gasteiger partial charge in [-0.25, -0.2) is 0 Å². The first-order valence-electron chi connectivity index (χ1n) is 7.70. The molecule has 1 aliphatic carbocycles. The number of hydrogen-bond donors (Lipinski definition) is 2. The van der Waals surface area contributed by atoms with E-state index in [1.807, 2.05) is 6.07 Å². The number of aryl methyl sites for hydroxylation is 2. The number of piperidine rings is 1. The monoisotopic (exact) mass is 272 g/mol. The van der Waals surface area contributed by atoms with Crippen molar-refractivity contribution in [1.29, 1.82) is 0 Å². The van der Waals surface area contributed by atoms with Gasteiger partial charge in [-0.05, 0) is 60.9 Å². The van der Waals surface area contributed by atoms with E-state index in [0.29, 0.717) is 0 Å². The minimum atomic E-state index is 0.0830. The molecule has 1 aromatic carbocycles. The van der Waals surface area contributed by atoms with Crippen LogP contribution in [0.4, 0.5) is 0 Å². The van der Waals surface area contributed by atoms with Crippen molar-refractivity contribution < 1.29 is 4.79 Å². The summed E-state index contributed by atoms with van der Waals surface area (Å²) in [5.41, 5.74) is 3.72. The highest BCUT2D eigenvalue weighted by Crippen LogP contribution is 2.26. The summed E-state index contributed by atoms with van der Waals surface area (Å²) in [6.45, 7) is 6.38. The number of hydrogen-bond acceptors (Lipinski definition) is 2. The number of rotatable bonds is 2. The van der Waals surface area contributed by atoms with Gasteiger partial charge in [-0.1, -0.05) is 19.9 Å². The molecular weight excluding hydrogens is 248 g/mol. The third-order valence-electron chi connectivity index (χ3n) is 4.80. The molecule has 1 heterocycles. The van der Waals surface area contributed by atoms with Crippen LogP contribution in [0.25, 0.3) is 0 Å². The highest BCUT2D eigenvalue weighted by Gasteiger charge is 2.33. The molecule has 3 heteroatoms. The smallest absolute Gasteiger partial charge is 0.251 e. The third kappa shape index (κ3) is 2.59. The molecule has 1 atom stereocenters. The largest absolute Gasteiger partial charge is 0.349 e. The molecule has 0 saturated carbocycles. The number of carbonyl (C=O) groups is 1. The number of fused-ring (bicyclic) bond motifs is 1. The summed E-state index contributed by atoms with van der Waals surface area (Å²) in [6, 6.07) is 6.45. The van der Waals surface area contributed by atoms with Crippen LogP contribution in [0.2, 0.25) is 0 Å². The minimum absolute atomic E-state index is 0.0830. The standard InChI is InChI=1S/C17H24N2O/c1-17(2)11-18-9-8-15(17)19-16(20)14-7-6-12-4-3-5-13(12)10-14/h6-7,10,15,18H,3-5,8-9,11H2,1-2H3,(H,19,20). The second-order valence-electron chi connectivity index (χ2n) is 6.82. The van der Waals surface area contributed by atoms with Crippen molar-refractivity contribution in [3.05, 3.63) is 34.9 Å². The summed E-state index contributed by atoms with van der Waals surface area (Å²) in [5, 5.41) is 6.64. The lowest BCUT2D eigenvalue weighted by Gasteiger charge is -2.39. The average Bonchev–Trinajstić information content (AvgIpc) is 2.88. The molecule has 3 rings (SSSR count). The van der Waals surface area contributed by atoms with Gasteiger partial charge in [0.25, 0.3) is 5.91 Å². The van der Waals surface area contributed by atoms with Gasteiger partial charge >= 0.3 is 0 Å². The normalized spacial score (nSPS) is 24.2. The molecule has 1 saturated heterocycles. The highest BCUT2D eigenvalue weighted by molar-refractivity contribution is 5.94. The Morgan fingerprint density at radius 3 is 2.90 bits per heavy atom. The van der Waals surface area contributed by atoms with E-state index in [-0.39, 0.29) is 17.4 Å². The van der Waals surface area contributed by atoms with E-state index in [0.717, 1.165) is 31.5 Å². The zero-order valence-electron chi connectivity index (χ0n) is 12.5. The van der Waals surface area contributed by atoms with Gasteiger partial charge < -0.3 is 10.6 Å². The lowest BCUT2D eigenvalue weighted by molar-refractivity contribution is 0.0868. The van der Waals surface area contributed by atoms with Gasteiger partial charge in [-0.2, -0.15) is 0 Å². The molecule has 1 amide bonds. The number of nitrogens with one attached hydrogen (secondary N) is 2. The molecule has 1 aromatic rings. The van der Waals surface area contributed by atoms with Gasteiger partial charge in [0.15, 0.2) is 0 Å². The maximum atomic E-state index is 12.5. The van der Waals surface area contributed by atoms with Gasteiger partial charge in [0.05, 0.1) is 0 Å². The number of benzene rings is 1. The van der Waals surface area contributed by atoms with E-state index in [9.17, 15) is 4.79 Å². The van der Waals surface area contributed by atoms with Crippen molar-refractivity contribution >= 4 is 5.91 Å². The van der Waals surface area contributed by atoms with E-state index in [2.05, 4.69) is 36.6 Å². The molecule has 2 N–H and O–H groups in total. The molecular formula is C17H24N2O. The van der Waals surface area contributed by atoms with E-state index >= 15 is 0 Å². The zero-order valence-corrected chi connectivity index (χ0v) is 12.5. The Balaban J connectivity index is 1.73. The zero-order chi connectivity index (χ0) is 14.2. The van der Waals surface area contributed by atoms with Crippen LogP contribution in [0.15, 0.2) is 18.2 Å². The van der Waals surface area contributed by atoms with Crippen LogP contribution in [0.1, 0.15) is 48.2 Å². The van der Waals surface area contributed by atoms with Gasteiger partial charge in [0.1, 0.15) is 0 Å². The molecule has 2 aliphatic rings. The van der Waals surface area contributed by atoms with Crippen molar-refractivity contribution in [1.82, 2.24) is 10.6 Å². The van der Waals surface area contributed by atoms with Crippen LogP contribution in [-0.4, -0.2) is 25.0 Å². The number of amides is 1. The Hall–Kier alpha value is -1.35. The lowest BCUT2D eigenvalue weighted by atomic mass is 9.80. The van der Waals surface area contributed by atoms with E-state index in [4.69, 9.17) is 0 Å². The summed E-state index contributed by atoms with van der Waals surface area (Å²) in [4.78, 5) is 12.5. The fourth-order valence-electron chi connectivity index (χ4n) is 3.39. The van der Waals surface area contributed by atoms with Crippen molar-refractivity contribution in [2.75, 3.05) is 13.1 Å². The van der Waals surface area contributed by atoms with E-state index in [1.54, 1.807) is 0 Å². The number of carbonyl (C=O) groups excluding carboxylic acids is 1. The van der Waals surface area contributed by atoms with Crippen LogP contribution in [0.3, 0.4) is 0 Å². The Labute approximate surface area is 121 Å². The topological polar surface area (TPSA) is 41.1 Å².